The number of likely N-dealkylation sites (tertiary alicyclic amines) is 1. The predicted octanol–water partition coefficient (Wildman–Crippen LogP) is 3.15. The fourth-order valence-electron chi connectivity index (χ4n) is 3.01. The second kappa shape index (κ2) is 13.0. The molecule has 2 rings (SSSR count). The molecule has 1 aromatic rings. The fraction of sp³-hybridized carbons (Fsp3) is 0.579. The van der Waals surface area contributed by atoms with Gasteiger partial charge in [-0.25, -0.2) is 4.99 Å². The Bertz CT molecular complexity index is 607. The van der Waals surface area contributed by atoms with Crippen molar-refractivity contribution in [2.75, 3.05) is 39.8 Å². The molecule has 0 unspecified atom stereocenters. The summed E-state index contributed by atoms with van der Waals surface area (Å²) >= 11 is 6.09. The monoisotopic (exact) mass is 508 g/mol. The first-order valence-electron chi connectivity index (χ1n) is 9.25. The van der Waals surface area contributed by atoms with Gasteiger partial charge in [0.1, 0.15) is 12.4 Å². The third-order valence-corrected chi connectivity index (χ3v) is 4.76. The zero-order valence-electron chi connectivity index (χ0n) is 16.0. The van der Waals surface area contributed by atoms with E-state index in [0.717, 1.165) is 38.4 Å². The van der Waals surface area contributed by atoms with Gasteiger partial charge in [0.15, 0.2) is 5.96 Å². The van der Waals surface area contributed by atoms with E-state index in [1.807, 2.05) is 24.3 Å². The minimum Gasteiger partial charge on any atom is -0.490 e. The smallest absolute Gasteiger partial charge is 0.220 e. The van der Waals surface area contributed by atoms with Gasteiger partial charge in [0.2, 0.25) is 5.91 Å². The summed E-state index contributed by atoms with van der Waals surface area (Å²) in [6.07, 6.45) is 2.63. The molecule has 1 aliphatic heterocycles. The number of carbonyl (C=O) groups is 1. The summed E-state index contributed by atoms with van der Waals surface area (Å²) in [6.45, 7) is 5.76. The van der Waals surface area contributed by atoms with Gasteiger partial charge in [0, 0.05) is 33.1 Å². The van der Waals surface area contributed by atoms with Gasteiger partial charge in [-0.3, -0.25) is 4.79 Å². The quantitative estimate of drug-likeness (QED) is 0.257. The number of aliphatic imine (C=N–C) groups is 1. The van der Waals surface area contributed by atoms with Gasteiger partial charge < -0.3 is 20.3 Å². The van der Waals surface area contributed by atoms with Gasteiger partial charge in [0.25, 0.3) is 0 Å². The molecule has 2 N–H and O–H groups in total. The number of nitrogens with zero attached hydrogens (tertiary/aromatic N) is 2. The maximum Gasteiger partial charge on any atom is 0.220 e. The van der Waals surface area contributed by atoms with E-state index in [1.54, 1.807) is 7.05 Å². The molecular formula is C19H30ClIN4O2. The molecule has 1 fully saturated rings. The van der Waals surface area contributed by atoms with E-state index in [0.29, 0.717) is 36.3 Å². The molecule has 0 aromatic heterocycles. The zero-order chi connectivity index (χ0) is 18.8. The van der Waals surface area contributed by atoms with Crippen LogP contribution in [0.4, 0.5) is 0 Å². The summed E-state index contributed by atoms with van der Waals surface area (Å²) in [5.74, 6) is 2.18. The number of rotatable bonds is 7. The minimum absolute atomic E-state index is 0. The van der Waals surface area contributed by atoms with Crippen LogP contribution < -0.4 is 15.4 Å². The molecule has 6 nitrogen and oxygen atoms in total. The van der Waals surface area contributed by atoms with Crippen LogP contribution in [-0.2, 0) is 4.79 Å². The van der Waals surface area contributed by atoms with Gasteiger partial charge >= 0.3 is 0 Å². The number of hydrogen-bond acceptors (Lipinski definition) is 3. The van der Waals surface area contributed by atoms with Crippen LogP contribution in [0.25, 0.3) is 0 Å². The summed E-state index contributed by atoms with van der Waals surface area (Å²) in [5.41, 5.74) is 0. The Labute approximate surface area is 184 Å². The second-order valence-corrected chi connectivity index (χ2v) is 6.73. The lowest BCUT2D eigenvalue weighted by atomic mass is 9.93. The molecule has 1 aliphatic rings. The lowest BCUT2D eigenvalue weighted by Crippen LogP contribution is -2.46. The molecule has 0 saturated carbocycles. The van der Waals surface area contributed by atoms with Gasteiger partial charge in [-0.15, -0.1) is 24.0 Å². The molecule has 1 heterocycles. The van der Waals surface area contributed by atoms with Crippen molar-refractivity contribution < 1.29 is 9.53 Å². The van der Waals surface area contributed by atoms with Crippen molar-refractivity contribution in [1.29, 1.82) is 0 Å². The Balaban J connectivity index is 0.00000364. The Kier molecular flexibility index (Phi) is 11.5. The van der Waals surface area contributed by atoms with Crippen LogP contribution in [0.3, 0.4) is 0 Å². The van der Waals surface area contributed by atoms with Gasteiger partial charge in [-0.2, -0.15) is 0 Å². The van der Waals surface area contributed by atoms with Crippen LogP contribution in [0, 0.1) is 5.92 Å². The summed E-state index contributed by atoms with van der Waals surface area (Å²) in [6, 6.07) is 7.45. The lowest BCUT2D eigenvalue weighted by molar-refractivity contribution is -0.121. The third kappa shape index (κ3) is 8.13. The molecule has 0 bridgehead atoms. The molecule has 0 atom stereocenters. The molecule has 152 valence electrons. The van der Waals surface area contributed by atoms with E-state index in [9.17, 15) is 4.79 Å². The van der Waals surface area contributed by atoms with Crippen LogP contribution in [0.1, 0.15) is 26.2 Å². The number of piperidine rings is 1. The molecule has 0 spiro atoms. The van der Waals surface area contributed by atoms with E-state index in [2.05, 4.69) is 27.4 Å². The van der Waals surface area contributed by atoms with E-state index in [-0.39, 0.29) is 29.9 Å². The van der Waals surface area contributed by atoms with Gasteiger partial charge in [-0.1, -0.05) is 23.7 Å². The summed E-state index contributed by atoms with van der Waals surface area (Å²) in [5, 5.41) is 6.66. The maximum absolute atomic E-state index is 11.5. The van der Waals surface area contributed by atoms with Crippen molar-refractivity contribution in [1.82, 2.24) is 15.5 Å². The van der Waals surface area contributed by atoms with Crippen molar-refractivity contribution in [3.05, 3.63) is 29.3 Å². The number of benzene rings is 1. The van der Waals surface area contributed by atoms with E-state index in [4.69, 9.17) is 16.3 Å². The standard InChI is InChI=1S/C19H29ClN4O2.HI/c1-3-22-19(23-10-13-26-17-7-5-4-6-16(17)20)24-11-8-15(9-12-24)14-18(25)21-2;/h4-7,15H,3,8-14H2,1-2H3,(H,21,25)(H,22,23);1H. The van der Waals surface area contributed by atoms with E-state index >= 15 is 0 Å². The van der Waals surface area contributed by atoms with Crippen LogP contribution in [0.15, 0.2) is 29.3 Å². The van der Waals surface area contributed by atoms with Crippen LogP contribution in [0.2, 0.25) is 5.02 Å². The highest BCUT2D eigenvalue weighted by Crippen LogP contribution is 2.23. The zero-order valence-corrected chi connectivity index (χ0v) is 19.1. The van der Waals surface area contributed by atoms with Crippen molar-refractivity contribution in [3.8, 4) is 5.75 Å². The van der Waals surface area contributed by atoms with Crippen LogP contribution >= 0.6 is 35.6 Å². The van der Waals surface area contributed by atoms with Crippen molar-refractivity contribution in [2.45, 2.75) is 26.2 Å². The highest BCUT2D eigenvalue weighted by molar-refractivity contribution is 14.0. The molecule has 1 saturated heterocycles. The van der Waals surface area contributed by atoms with Crippen molar-refractivity contribution in [3.63, 3.8) is 0 Å². The molecule has 8 heteroatoms. The number of para-hydroxylation sites is 1. The average molecular weight is 509 g/mol. The fourth-order valence-corrected chi connectivity index (χ4v) is 3.20. The van der Waals surface area contributed by atoms with Crippen molar-refractivity contribution in [2.24, 2.45) is 10.9 Å². The molecule has 0 radical (unpaired) electrons. The maximum atomic E-state index is 11.5. The van der Waals surface area contributed by atoms with E-state index < -0.39 is 0 Å². The number of nitrogens with one attached hydrogen (secondary N) is 2. The largest absolute Gasteiger partial charge is 0.490 e. The Morgan fingerprint density at radius 1 is 1.33 bits per heavy atom. The molecule has 1 amide bonds. The van der Waals surface area contributed by atoms with E-state index in [1.165, 1.54) is 0 Å². The Morgan fingerprint density at radius 3 is 2.67 bits per heavy atom. The topological polar surface area (TPSA) is 66.0 Å². The number of guanidine groups is 1. The third-order valence-electron chi connectivity index (χ3n) is 4.45. The minimum atomic E-state index is 0. The summed E-state index contributed by atoms with van der Waals surface area (Å²) in [4.78, 5) is 18.5. The SMILES string of the molecule is CCNC(=NCCOc1ccccc1Cl)N1CCC(CC(=O)NC)CC1.I. The lowest BCUT2D eigenvalue weighted by Gasteiger charge is -2.34. The number of ether oxygens (including phenoxy) is 1. The highest BCUT2D eigenvalue weighted by Gasteiger charge is 2.22. The Morgan fingerprint density at radius 2 is 2.04 bits per heavy atom. The highest BCUT2D eigenvalue weighted by atomic mass is 127. The summed E-state index contributed by atoms with van der Waals surface area (Å²) in [7, 11) is 1.69. The number of halogens is 2. The second-order valence-electron chi connectivity index (χ2n) is 6.32. The normalized spacial score (nSPS) is 15.1. The first-order valence-corrected chi connectivity index (χ1v) is 9.63. The Hall–Kier alpha value is -1.22. The van der Waals surface area contributed by atoms with Gasteiger partial charge in [0.05, 0.1) is 11.6 Å². The molecule has 0 aliphatic carbocycles. The molecule has 27 heavy (non-hydrogen) atoms. The number of hydrogen-bond donors (Lipinski definition) is 2. The van der Waals surface area contributed by atoms with Crippen LogP contribution in [-0.4, -0.2) is 56.6 Å². The van der Waals surface area contributed by atoms with Crippen LogP contribution in [0.5, 0.6) is 5.75 Å². The predicted molar refractivity (Wildman–Crippen MR) is 121 cm³/mol. The van der Waals surface area contributed by atoms with Gasteiger partial charge in [-0.05, 0) is 37.8 Å². The molecule has 1 aromatic carbocycles. The average Bonchev–Trinajstić information content (AvgIpc) is 2.66. The molecular weight excluding hydrogens is 479 g/mol. The van der Waals surface area contributed by atoms with Crippen molar-refractivity contribution >= 4 is 47.4 Å². The first-order chi connectivity index (χ1) is 12.6. The number of amides is 1. The first kappa shape index (κ1) is 23.8. The number of carbonyl (C=O) groups excluding carboxylic acids is 1. The summed E-state index contributed by atoms with van der Waals surface area (Å²) < 4.78 is 5.70.